The maximum atomic E-state index is 9.36. The highest BCUT2D eigenvalue weighted by molar-refractivity contribution is 5.26. The van der Waals surface area contributed by atoms with E-state index in [1.165, 1.54) is 11.6 Å². The van der Waals surface area contributed by atoms with Crippen LogP contribution in [-0.2, 0) is 6.42 Å². The first-order valence-corrected chi connectivity index (χ1v) is 3.96. The molecule has 1 nitrogen and oxygen atoms in total. The molecular weight excluding hydrogens is 148 g/mol. The predicted octanol–water partition coefficient (Wildman–Crippen LogP) is 2.28. The molecule has 0 aliphatic carbocycles. The molecular formula is C11H13O. The van der Waals surface area contributed by atoms with E-state index >= 15 is 0 Å². The van der Waals surface area contributed by atoms with Crippen LogP contribution in [0.3, 0.4) is 0 Å². The summed E-state index contributed by atoms with van der Waals surface area (Å²) in [6.45, 7) is 7.29. The Kier molecular flexibility index (Phi) is 3.06. The molecule has 12 heavy (non-hydrogen) atoms. The van der Waals surface area contributed by atoms with E-state index in [0.29, 0.717) is 0 Å². The molecule has 0 saturated carbocycles. The molecule has 1 N–H and O–H groups in total. The van der Waals surface area contributed by atoms with E-state index in [1.807, 2.05) is 24.3 Å². The van der Waals surface area contributed by atoms with E-state index in [1.54, 1.807) is 0 Å². The zero-order valence-electron chi connectivity index (χ0n) is 7.03. The molecule has 1 aromatic carbocycles. The van der Waals surface area contributed by atoms with Crippen molar-refractivity contribution in [1.29, 1.82) is 0 Å². The summed E-state index contributed by atoms with van der Waals surface area (Å²) >= 11 is 0. The van der Waals surface area contributed by atoms with Gasteiger partial charge in [0.1, 0.15) is 0 Å². The van der Waals surface area contributed by atoms with E-state index in [9.17, 15) is 5.11 Å². The Morgan fingerprint density at radius 1 is 1.33 bits per heavy atom. The lowest BCUT2D eigenvalue weighted by atomic mass is 10.1. The first-order valence-electron chi connectivity index (χ1n) is 3.96. The number of hydrogen-bond acceptors (Lipinski definition) is 1. The lowest BCUT2D eigenvalue weighted by Crippen LogP contribution is -1.92. The molecule has 0 spiro atoms. The lowest BCUT2D eigenvalue weighted by Gasteiger charge is -2.05. The molecule has 0 aliphatic heterocycles. The minimum Gasteiger partial charge on any atom is -0.384 e. The van der Waals surface area contributed by atoms with Gasteiger partial charge in [-0.1, -0.05) is 30.3 Å². The van der Waals surface area contributed by atoms with E-state index in [-0.39, 0.29) is 0 Å². The summed E-state index contributed by atoms with van der Waals surface area (Å²) in [7, 11) is 0. The number of benzene rings is 1. The van der Waals surface area contributed by atoms with Crippen LogP contribution in [0.5, 0.6) is 0 Å². The van der Waals surface area contributed by atoms with Crippen LogP contribution in [0.2, 0.25) is 0 Å². The first kappa shape index (κ1) is 9.01. The van der Waals surface area contributed by atoms with Crippen LogP contribution in [0.25, 0.3) is 0 Å². The van der Waals surface area contributed by atoms with Crippen molar-refractivity contribution < 1.29 is 5.11 Å². The fraction of sp³-hybridized carbons (Fsp3) is 0.182. The highest BCUT2D eigenvalue weighted by atomic mass is 16.3. The van der Waals surface area contributed by atoms with Gasteiger partial charge >= 0.3 is 0 Å². The van der Waals surface area contributed by atoms with Crippen LogP contribution >= 0.6 is 0 Å². The fourth-order valence-corrected chi connectivity index (χ4v) is 1.02. The highest BCUT2D eigenvalue weighted by Crippen LogP contribution is 2.14. The van der Waals surface area contributed by atoms with Gasteiger partial charge in [-0.05, 0) is 24.5 Å². The topological polar surface area (TPSA) is 20.2 Å². The molecule has 0 aliphatic rings. The van der Waals surface area contributed by atoms with Gasteiger partial charge in [0.15, 0.2) is 0 Å². The van der Waals surface area contributed by atoms with Crippen molar-refractivity contribution >= 4 is 0 Å². The number of aliphatic hydroxyl groups is 1. The van der Waals surface area contributed by atoms with Crippen LogP contribution in [0.15, 0.2) is 36.9 Å². The Labute approximate surface area is 73.4 Å². The van der Waals surface area contributed by atoms with Gasteiger partial charge in [0.2, 0.25) is 0 Å². The quantitative estimate of drug-likeness (QED) is 0.674. The third-order valence-electron chi connectivity index (χ3n) is 1.83. The molecule has 1 heteroatoms. The van der Waals surface area contributed by atoms with Gasteiger partial charge in [0, 0.05) is 0 Å². The standard InChI is InChI=1S/C11H13O/c1-3-9-5-7-10(8-6-9)11(12)4-2/h4-8,11-12H,1-3H2. The highest BCUT2D eigenvalue weighted by Gasteiger charge is 2.00. The summed E-state index contributed by atoms with van der Waals surface area (Å²) < 4.78 is 0. The monoisotopic (exact) mass is 161 g/mol. The molecule has 1 aromatic rings. The molecule has 1 radical (unpaired) electrons. The number of hydrogen-bond donors (Lipinski definition) is 1. The number of aliphatic hydroxyl groups excluding tert-OH is 1. The SMILES string of the molecule is [CH2]Cc1ccc(C(O)C=C)cc1. The molecule has 1 atom stereocenters. The van der Waals surface area contributed by atoms with Crippen molar-refractivity contribution in [1.82, 2.24) is 0 Å². The largest absolute Gasteiger partial charge is 0.384 e. The first-order chi connectivity index (χ1) is 5.77. The maximum absolute atomic E-state index is 9.36. The van der Waals surface area contributed by atoms with E-state index < -0.39 is 6.10 Å². The van der Waals surface area contributed by atoms with Gasteiger partial charge in [0.05, 0.1) is 6.10 Å². The van der Waals surface area contributed by atoms with Gasteiger partial charge in [-0.2, -0.15) is 0 Å². The molecule has 63 valence electrons. The molecule has 1 rings (SSSR count). The Morgan fingerprint density at radius 3 is 2.33 bits per heavy atom. The van der Waals surface area contributed by atoms with Crippen LogP contribution in [-0.4, -0.2) is 5.11 Å². The van der Waals surface area contributed by atoms with Gasteiger partial charge < -0.3 is 5.11 Å². The Bertz CT molecular complexity index is 248. The van der Waals surface area contributed by atoms with Crippen molar-refractivity contribution in [3.8, 4) is 0 Å². The molecule has 0 fully saturated rings. The average molecular weight is 161 g/mol. The Hall–Kier alpha value is -1.08. The molecule has 0 aromatic heterocycles. The second kappa shape index (κ2) is 4.07. The number of rotatable bonds is 3. The minimum absolute atomic E-state index is 0.552. The summed E-state index contributed by atoms with van der Waals surface area (Å²) in [4.78, 5) is 0. The van der Waals surface area contributed by atoms with Crippen LogP contribution in [0, 0.1) is 6.92 Å². The van der Waals surface area contributed by atoms with Crippen LogP contribution in [0.1, 0.15) is 17.2 Å². The van der Waals surface area contributed by atoms with Crippen molar-refractivity contribution in [3.05, 3.63) is 55.0 Å². The van der Waals surface area contributed by atoms with E-state index in [0.717, 1.165) is 12.0 Å². The Balaban J connectivity index is 2.84. The second-order valence-corrected chi connectivity index (χ2v) is 2.67. The zero-order valence-corrected chi connectivity index (χ0v) is 7.03. The third kappa shape index (κ3) is 1.95. The van der Waals surface area contributed by atoms with Crippen molar-refractivity contribution in [2.75, 3.05) is 0 Å². The van der Waals surface area contributed by atoms with Crippen LogP contribution in [0.4, 0.5) is 0 Å². The Morgan fingerprint density at radius 2 is 1.92 bits per heavy atom. The normalized spacial score (nSPS) is 12.5. The predicted molar refractivity (Wildman–Crippen MR) is 50.7 cm³/mol. The smallest absolute Gasteiger partial charge is 0.0969 e. The van der Waals surface area contributed by atoms with Crippen molar-refractivity contribution in [2.45, 2.75) is 12.5 Å². The maximum Gasteiger partial charge on any atom is 0.0969 e. The zero-order chi connectivity index (χ0) is 8.97. The van der Waals surface area contributed by atoms with Crippen molar-refractivity contribution in [3.63, 3.8) is 0 Å². The van der Waals surface area contributed by atoms with E-state index in [4.69, 9.17) is 0 Å². The average Bonchev–Trinajstić information content (AvgIpc) is 2.17. The van der Waals surface area contributed by atoms with Crippen LogP contribution < -0.4 is 0 Å². The summed E-state index contributed by atoms with van der Waals surface area (Å²) in [5.41, 5.74) is 2.05. The van der Waals surface area contributed by atoms with E-state index in [2.05, 4.69) is 13.5 Å². The molecule has 1 unspecified atom stereocenters. The second-order valence-electron chi connectivity index (χ2n) is 2.67. The summed E-state index contributed by atoms with van der Waals surface area (Å²) in [5.74, 6) is 0. The van der Waals surface area contributed by atoms with Crippen molar-refractivity contribution in [2.24, 2.45) is 0 Å². The minimum atomic E-state index is -0.552. The molecule has 0 amide bonds. The fourth-order valence-electron chi connectivity index (χ4n) is 1.02. The molecule has 0 bridgehead atoms. The molecule has 0 saturated heterocycles. The van der Waals surface area contributed by atoms with Gasteiger partial charge in [-0.3, -0.25) is 0 Å². The lowest BCUT2D eigenvalue weighted by molar-refractivity contribution is 0.229. The molecule has 0 heterocycles. The van der Waals surface area contributed by atoms with Gasteiger partial charge in [-0.25, -0.2) is 0 Å². The summed E-state index contributed by atoms with van der Waals surface area (Å²) in [6.07, 6.45) is 1.74. The third-order valence-corrected chi connectivity index (χ3v) is 1.83. The van der Waals surface area contributed by atoms with Gasteiger partial charge in [0.25, 0.3) is 0 Å². The summed E-state index contributed by atoms with van der Waals surface area (Å²) in [6, 6.07) is 7.73. The summed E-state index contributed by atoms with van der Waals surface area (Å²) in [5, 5.41) is 9.36. The van der Waals surface area contributed by atoms with Gasteiger partial charge in [-0.15, -0.1) is 6.58 Å².